The van der Waals surface area contributed by atoms with Gasteiger partial charge in [-0.15, -0.1) is 0 Å². The molecule has 3 nitrogen and oxygen atoms in total. The number of nitrogens with one attached hydrogen (secondary N) is 1. The second kappa shape index (κ2) is 5.75. The molecular weight excluding hydrogens is 164 g/mol. The lowest BCUT2D eigenvalue weighted by Gasteiger charge is -2.23. The average molecular weight is 185 g/mol. The summed E-state index contributed by atoms with van der Waals surface area (Å²) in [4.78, 5) is 11.0. The highest BCUT2D eigenvalue weighted by molar-refractivity contribution is 5.87. The van der Waals surface area contributed by atoms with Crippen molar-refractivity contribution in [2.75, 3.05) is 34.2 Å². The van der Waals surface area contributed by atoms with Gasteiger partial charge in [0.25, 0.3) is 0 Å². The minimum absolute atomic E-state index is 0.00362. The molecule has 0 bridgehead atoms. The van der Waals surface area contributed by atoms with Gasteiger partial charge in [0.15, 0.2) is 0 Å². The number of carbonyl (C=O) groups excluding carboxylic acids is 1. The molecule has 13 heavy (non-hydrogen) atoms. The Bertz CT molecular complexity index is 180. The topological polar surface area (TPSA) is 29.1 Å². The largest absolute Gasteiger partial charge is 0.352 e. The van der Waals surface area contributed by atoms with Crippen molar-refractivity contribution in [2.24, 2.45) is 0 Å². The average Bonchev–Trinajstić information content (AvgIpc) is 1.97. The van der Waals surface area contributed by atoms with Crippen LogP contribution in [0.5, 0.6) is 0 Å². The molecule has 1 amide bonds. The molecule has 0 aromatic rings. The van der Waals surface area contributed by atoms with Crippen LogP contribution in [0.1, 0.15) is 13.3 Å². The molecule has 3 heteroatoms. The summed E-state index contributed by atoms with van der Waals surface area (Å²) in [5.41, 5.74) is 0. The van der Waals surface area contributed by atoms with Crippen LogP contribution in [-0.4, -0.2) is 44.6 Å². The Morgan fingerprint density at radius 1 is 1.38 bits per heavy atom. The van der Waals surface area contributed by atoms with Crippen LogP contribution in [0.25, 0.3) is 0 Å². The van der Waals surface area contributed by atoms with Gasteiger partial charge in [-0.3, -0.25) is 4.79 Å². The van der Waals surface area contributed by atoms with Crippen molar-refractivity contribution in [2.45, 2.75) is 13.3 Å². The molecule has 0 unspecified atom stereocenters. The van der Waals surface area contributed by atoms with Crippen LogP contribution in [0.3, 0.4) is 0 Å². The molecule has 0 aromatic heterocycles. The normalized spacial score (nSPS) is 12.0. The van der Waals surface area contributed by atoms with E-state index < -0.39 is 0 Å². The standard InChI is InChI=1S/C10H20N2O/c1-5-7-10(13)11-8-6-9-12(2,3)4/h5,7H,6,8-9H2,1-4H3/p+1/b7-5-. The Hall–Kier alpha value is -0.830. The van der Waals surface area contributed by atoms with E-state index in [9.17, 15) is 4.79 Å². The number of allylic oxidation sites excluding steroid dienone is 1. The summed E-state index contributed by atoms with van der Waals surface area (Å²) >= 11 is 0. The smallest absolute Gasteiger partial charge is 0.243 e. The first-order valence-electron chi connectivity index (χ1n) is 4.66. The number of amides is 1. The van der Waals surface area contributed by atoms with Crippen molar-refractivity contribution >= 4 is 5.91 Å². The molecule has 0 aliphatic carbocycles. The number of carbonyl (C=O) groups is 1. The summed E-state index contributed by atoms with van der Waals surface area (Å²) in [5.74, 6) is 0.00362. The second-order valence-electron chi connectivity index (χ2n) is 4.16. The van der Waals surface area contributed by atoms with Gasteiger partial charge >= 0.3 is 0 Å². The quantitative estimate of drug-likeness (QED) is 0.383. The van der Waals surface area contributed by atoms with Crippen molar-refractivity contribution in [3.05, 3.63) is 12.2 Å². The third-order valence-corrected chi connectivity index (χ3v) is 1.62. The summed E-state index contributed by atoms with van der Waals surface area (Å²) in [6.07, 6.45) is 4.31. The van der Waals surface area contributed by atoms with Gasteiger partial charge in [-0.25, -0.2) is 0 Å². The van der Waals surface area contributed by atoms with E-state index in [4.69, 9.17) is 0 Å². The summed E-state index contributed by atoms with van der Waals surface area (Å²) < 4.78 is 0.944. The van der Waals surface area contributed by atoms with E-state index in [1.807, 2.05) is 6.92 Å². The zero-order valence-electron chi connectivity index (χ0n) is 9.13. The number of hydrogen-bond donors (Lipinski definition) is 1. The molecule has 0 radical (unpaired) electrons. The first-order valence-corrected chi connectivity index (χ1v) is 4.66. The molecule has 0 aliphatic rings. The van der Waals surface area contributed by atoms with E-state index in [1.54, 1.807) is 12.2 Å². The number of rotatable bonds is 5. The monoisotopic (exact) mass is 185 g/mol. The molecule has 0 fully saturated rings. The first-order chi connectivity index (χ1) is 5.95. The summed E-state index contributed by atoms with van der Waals surface area (Å²) in [6, 6.07) is 0. The predicted molar refractivity (Wildman–Crippen MR) is 55.3 cm³/mol. The number of quaternary nitrogens is 1. The summed E-state index contributed by atoms with van der Waals surface area (Å²) in [7, 11) is 6.44. The molecular formula is C10H21N2O+. The molecule has 0 atom stereocenters. The van der Waals surface area contributed by atoms with E-state index >= 15 is 0 Å². The Kier molecular flexibility index (Phi) is 5.39. The van der Waals surface area contributed by atoms with E-state index in [0.717, 1.165) is 24.0 Å². The molecule has 0 rings (SSSR count). The van der Waals surface area contributed by atoms with Gasteiger partial charge in [-0.1, -0.05) is 6.08 Å². The highest BCUT2D eigenvalue weighted by atomic mass is 16.1. The SMILES string of the molecule is C/C=C\C(=O)NCCC[N+](C)(C)C. The lowest BCUT2D eigenvalue weighted by atomic mass is 10.3. The van der Waals surface area contributed by atoms with E-state index in [0.29, 0.717) is 0 Å². The van der Waals surface area contributed by atoms with Gasteiger partial charge < -0.3 is 9.80 Å². The lowest BCUT2D eigenvalue weighted by molar-refractivity contribution is -0.870. The highest BCUT2D eigenvalue weighted by Gasteiger charge is 2.05. The van der Waals surface area contributed by atoms with Crippen LogP contribution in [-0.2, 0) is 4.79 Å². The van der Waals surface area contributed by atoms with Gasteiger partial charge in [0, 0.05) is 13.0 Å². The molecule has 76 valence electrons. The second-order valence-corrected chi connectivity index (χ2v) is 4.16. The Morgan fingerprint density at radius 2 is 2.00 bits per heavy atom. The van der Waals surface area contributed by atoms with Gasteiger partial charge in [-0.2, -0.15) is 0 Å². The zero-order chi connectivity index (χ0) is 10.3. The van der Waals surface area contributed by atoms with Gasteiger partial charge in [0.2, 0.25) is 5.91 Å². The maximum atomic E-state index is 11.0. The van der Waals surface area contributed by atoms with Crippen LogP contribution >= 0.6 is 0 Å². The lowest BCUT2D eigenvalue weighted by Crippen LogP contribution is -2.37. The third kappa shape index (κ3) is 9.08. The maximum Gasteiger partial charge on any atom is 0.243 e. The van der Waals surface area contributed by atoms with Crippen molar-refractivity contribution in [1.82, 2.24) is 5.32 Å². The number of nitrogens with zero attached hydrogens (tertiary/aromatic N) is 1. The van der Waals surface area contributed by atoms with Crippen molar-refractivity contribution in [3.63, 3.8) is 0 Å². The summed E-state index contributed by atoms with van der Waals surface area (Å²) in [5, 5.41) is 2.82. The van der Waals surface area contributed by atoms with E-state index in [1.165, 1.54) is 0 Å². The fourth-order valence-electron chi connectivity index (χ4n) is 0.975. The minimum atomic E-state index is 0.00362. The molecule has 0 aliphatic heterocycles. The van der Waals surface area contributed by atoms with Gasteiger partial charge in [0.1, 0.15) is 0 Å². The van der Waals surface area contributed by atoms with E-state index in [2.05, 4.69) is 26.5 Å². The molecule has 0 saturated carbocycles. The fraction of sp³-hybridized carbons (Fsp3) is 0.700. The van der Waals surface area contributed by atoms with Crippen molar-refractivity contribution in [3.8, 4) is 0 Å². The first kappa shape index (κ1) is 12.2. The van der Waals surface area contributed by atoms with E-state index in [-0.39, 0.29) is 5.91 Å². The zero-order valence-corrected chi connectivity index (χ0v) is 9.13. The molecule has 0 aromatic carbocycles. The van der Waals surface area contributed by atoms with Crippen molar-refractivity contribution in [1.29, 1.82) is 0 Å². The van der Waals surface area contributed by atoms with Gasteiger partial charge in [-0.05, 0) is 13.0 Å². The van der Waals surface area contributed by atoms with Crippen LogP contribution in [0.4, 0.5) is 0 Å². The van der Waals surface area contributed by atoms with Crippen LogP contribution in [0.15, 0.2) is 12.2 Å². The summed E-state index contributed by atoms with van der Waals surface area (Å²) in [6.45, 7) is 3.68. The third-order valence-electron chi connectivity index (χ3n) is 1.62. The molecule has 1 N–H and O–H groups in total. The Labute approximate surface area is 81.0 Å². The fourth-order valence-corrected chi connectivity index (χ4v) is 0.975. The highest BCUT2D eigenvalue weighted by Crippen LogP contribution is 1.91. The Morgan fingerprint density at radius 3 is 2.46 bits per heavy atom. The maximum absolute atomic E-state index is 11.0. The van der Waals surface area contributed by atoms with Crippen LogP contribution in [0, 0.1) is 0 Å². The van der Waals surface area contributed by atoms with Crippen LogP contribution in [0.2, 0.25) is 0 Å². The van der Waals surface area contributed by atoms with Crippen LogP contribution < -0.4 is 5.32 Å². The van der Waals surface area contributed by atoms with Gasteiger partial charge in [0.05, 0.1) is 27.7 Å². The van der Waals surface area contributed by atoms with Crippen molar-refractivity contribution < 1.29 is 9.28 Å². The Balaban J connectivity index is 3.41. The molecule has 0 saturated heterocycles. The molecule has 0 heterocycles. The minimum Gasteiger partial charge on any atom is -0.352 e. The number of hydrogen-bond acceptors (Lipinski definition) is 1. The predicted octanol–water partition coefficient (Wildman–Crippen LogP) is 0.775. The molecule has 0 spiro atoms.